The average molecular weight is 408 g/mol. The minimum atomic E-state index is -0.737. The summed E-state index contributed by atoms with van der Waals surface area (Å²) in [7, 11) is 0. The summed E-state index contributed by atoms with van der Waals surface area (Å²) < 4.78 is 0.905. The maximum Gasteiger partial charge on any atom is 0.306 e. The highest BCUT2D eigenvalue weighted by Gasteiger charge is 2.26. The smallest absolute Gasteiger partial charge is 0.306 e. The molecule has 0 aliphatic heterocycles. The molecule has 20 heavy (non-hydrogen) atoms. The first-order valence-electron chi connectivity index (χ1n) is 6.46. The number of nitrogens with one attached hydrogen (secondary N) is 1. The highest BCUT2D eigenvalue weighted by Crippen LogP contribution is 2.25. The molecule has 2 rings (SSSR count). The minimum Gasteiger partial charge on any atom is -0.481 e. The van der Waals surface area contributed by atoms with Gasteiger partial charge < -0.3 is 10.4 Å². The molecule has 0 aromatic heterocycles. The van der Waals surface area contributed by atoms with E-state index in [0.717, 1.165) is 3.57 Å². The average Bonchev–Trinajstić information content (AvgIpc) is 2.42. The van der Waals surface area contributed by atoms with Gasteiger partial charge in [0.15, 0.2) is 0 Å². The summed E-state index contributed by atoms with van der Waals surface area (Å²) in [6.07, 6.45) is 2.66. The molecule has 0 saturated heterocycles. The number of hydrogen-bond donors (Lipinski definition) is 2. The molecule has 1 aliphatic rings. The van der Waals surface area contributed by atoms with E-state index in [1.165, 1.54) is 0 Å². The van der Waals surface area contributed by atoms with Gasteiger partial charge in [-0.05, 0) is 66.5 Å². The first kappa shape index (κ1) is 15.6. The maximum atomic E-state index is 12.1. The summed E-state index contributed by atoms with van der Waals surface area (Å²) in [5.74, 6) is -1.16. The van der Waals surface area contributed by atoms with Gasteiger partial charge in [0.05, 0.1) is 10.9 Å². The molecular weight excluding hydrogens is 393 g/mol. The molecule has 1 aromatic carbocycles. The van der Waals surface area contributed by atoms with E-state index >= 15 is 0 Å². The topological polar surface area (TPSA) is 66.4 Å². The van der Waals surface area contributed by atoms with Crippen LogP contribution in [0.5, 0.6) is 0 Å². The summed E-state index contributed by atoms with van der Waals surface area (Å²) in [4.78, 5) is 23.0. The first-order chi connectivity index (χ1) is 9.47. The van der Waals surface area contributed by atoms with Crippen molar-refractivity contribution in [1.82, 2.24) is 5.32 Å². The number of carbonyl (C=O) groups is 2. The Bertz CT molecular complexity index is 527. The highest BCUT2D eigenvalue weighted by molar-refractivity contribution is 14.1. The first-order valence-corrected chi connectivity index (χ1v) is 7.91. The molecule has 1 aromatic rings. The van der Waals surface area contributed by atoms with Crippen LogP contribution in [0.1, 0.15) is 36.0 Å². The monoisotopic (exact) mass is 407 g/mol. The molecule has 1 aliphatic carbocycles. The van der Waals surface area contributed by atoms with Gasteiger partial charge in [0.25, 0.3) is 5.91 Å². The Labute approximate surface area is 136 Å². The Morgan fingerprint density at radius 1 is 1.25 bits per heavy atom. The molecule has 1 amide bonds. The van der Waals surface area contributed by atoms with E-state index < -0.39 is 5.97 Å². The van der Waals surface area contributed by atoms with Crippen LogP contribution < -0.4 is 5.32 Å². The number of rotatable bonds is 3. The number of carboxylic acids is 1. The Kier molecular flexibility index (Phi) is 5.26. The van der Waals surface area contributed by atoms with Gasteiger partial charge in [-0.15, -0.1) is 0 Å². The van der Waals surface area contributed by atoms with Crippen LogP contribution in [-0.4, -0.2) is 23.0 Å². The minimum absolute atomic E-state index is 0.0520. The van der Waals surface area contributed by atoms with E-state index in [-0.39, 0.29) is 17.9 Å². The third-order valence-electron chi connectivity index (χ3n) is 3.59. The van der Waals surface area contributed by atoms with Crippen LogP contribution in [-0.2, 0) is 4.79 Å². The van der Waals surface area contributed by atoms with Crippen molar-refractivity contribution in [3.05, 3.63) is 32.4 Å². The van der Waals surface area contributed by atoms with Crippen LogP contribution in [0.2, 0.25) is 5.02 Å². The van der Waals surface area contributed by atoms with E-state index in [1.54, 1.807) is 18.2 Å². The second-order valence-electron chi connectivity index (χ2n) is 4.99. The summed E-state index contributed by atoms with van der Waals surface area (Å²) in [5, 5.41) is 12.4. The van der Waals surface area contributed by atoms with Crippen LogP contribution >= 0.6 is 34.2 Å². The van der Waals surface area contributed by atoms with Crippen molar-refractivity contribution in [1.29, 1.82) is 0 Å². The van der Waals surface area contributed by atoms with Gasteiger partial charge in [-0.25, -0.2) is 0 Å². The van der Waals surface area contributed by atoms with Crippen LogP contribution in [0.4, 0.5) is 0 Å². The zero-order chi connectivity index (χ0) is 14.7. The molecule has 0 radical (unpaired) electrons. The number of halogens is 2. The third kappa shape index (κ3) is 3.85. The van der Waals surface area contributed by atoms with Crippen molar-refractivity contribution in [2.45, 2.75) is 31.7 Å². The molecule has 0 atom stereocenters. The van der Waals surface area contributed by atoms with Crippen LogP contribution in [0.3, 0.4) is 0 Å². The molecule has 4 nitrogen and oxygen atoms in total. The standard InChI is InChI=1S/C14H15ClINO3/c15-11-7-9(3-6-12(11)16)13(18)17-10-4-1-8(2-5-10)14(19)20/h3,6-8,10H,1-2,4-5H2,(H,17,18)(H,19,20). The van der Waals surface area contributed by atoms with E-state index in [4.69, 9.17) is 16.7 Å². The molecule has 0 heterocycles. The predicted molar refractivity (Wildman–Crippen MR) is 85.0 cm³/mol. The third-order valence-corrected chi connectivity index (χ3v) is 5.17. The van der Waals surface area contributed by atoms with Gasteiger partial charge >= 0.3 is 5.97 Å². The SMILES string of the molecule is O=C(NC1CCC(C(=O)O)CC1)c1ccc(I)c(Cl)c1. The van der Waals surface area contributed by atoms with Crippen molar-refractivity contribution in [2.75, 3.05) is 0 Å². The van der Waals surface area contributed by atoms with Gasteiger partial charge in [0.1, 0.15) is 0 Å². The quantitative estimate of drug-likeness (QED) is 0.756. The molecule has 1 fully saturated rings. The van der Waals surface area contributed by atoms with E-state index in [0.29, 0.717) is 36.3 Å². The summed E-state index contributed by atoms with van der Waals surface area (Å²) in [5.41, 5.74) is 0.538. The van der Waals surface area contributed by atoms with E-state index in [9.17, 15) is 9.59 Å². The second-order valence-corrected chi connectivity index (χ2v) is 6.56. The Morgan fingerprint density at radius 3 is 2.45 bits per heavy atom. The normalized spacial score (nSPS) is 22.3. The number of carboxylic acid groups (broad SMARTS) is 1. The van der Waals surface area contributed by atoms with E-state index in [2.05, 4.69) is 27.9 Å². The van der Waals surface area contributed by atoms with Crippen LogP contribution in [0, 0.1) is 9.49 Å². The van der Waals surface area contributed by atoms with Crippen LogP contribution in [0.15, 0.2) is 18.2 Å². The van der Waals surface area contributed by atoms with Crippen molar-refractivity contribution in [2.24, 2.45) is 5.92 Å². The summed E-state index contributed by atoms with van der Waals surface area (Å²) in [6.45, 7) is 0. The lowest BCUT2D eigenvalue weighted by molar-refractivity contribution is -0.142. The lowest BCUT2D eigenvalue weighted by atomic mass is 9.86. The number of carbonyl (C=O) groups excluding carboxylic acids is 1. The Balaban J connectivity index is 1.92. The van der Waals surface area contributed by atoms with Crippen molar-refractivity contribution in [3.63, 3.8) is 0 Å². The maximum absolute atomic E-state index is 12.1. The molecule has 2 N–H and O–H groups in total. The van der Waals surface area contributed by atoms with Gasteiger partial charge in [0, 0.05) is 15.2 Å². The molecule has 6 heteroatoms. The second kappa shape index (κ2) is 6.76. The van der Waals surface area contributed by atoms with Gasteiger partial charge in [-0.2, -0.15) is 0 Å². The Hall–Kier alpha value is -0.820. The zero-order valence-corrected chi connectivity index (χ0v) is 13.6. The molecule has 0 spiro atoms. The lowest BCUT2D eigenvalue weighted by Gasteiger charge is -2.26. The van der Waals surface area contributed by atoms with Crippen molar-refractivity contribution < 1.29 is 14.7 Å². The summed E-state index contributed by atoms with van der Waals surface area (Å²) >= 11 is 8.11. The number of aliphatic carboxylic acids is 1. The lowest BCUT2D eigenvalue weighted by Crippen LogP contribution is -2.38. The van der Waals surface area contributed by atoms with Crippen molar-refractivity contribution in [3.8, 4) is 0 Å². The van der Waals surface area contributed by atoms with E-state index in [1.807, 2.05) is 0 Å². The van der Waals surface area contributed by atoms with Gasteiger partial charge in [-0.3, -0.25) is 9.59 Å². The predicted octanol–water partition coefficient (Wildman–Crippen LogP) is 3.32. The van der Waals surface area contributed by atoms with Crippen LogP contribution in [0.25, 0.3) is 0 Å². The fourth-order valence-electron chi connectivity index (χ4n) is 2.39. The molecule has 0 unspecified atom stereocenters. The largest absolute Gasteiger partial charge is 0.481 e. The van der Waals surface area contributed by atoms with Crippen molar-refractivity contribution >= 4 is 46.1 Å². The van der Waals surface area contributed by atoms with Gasteiger partial charge in [0.2, 0.25) is 0 Å². The molecule has 108 valence electrons. The summed E-state index contributed by atoms with van der Waals surface area (Å²) in [6, 6.07) is 5.25. The fraction of sp³-hybridized carbons (Fsp3) is 0.429. The fourth-order valence-corrected chi connectivity index (χ4v) is 2.91. The number of benzene rings is 1. The molecule has 1 saturated carbocycles. The highest BCUT2D eigenvalue weighted by atomic mass is 127. The molecular formula is C14H15ClINO3. The number of hydrogen-bond acceptors (Lipinski definition) is 2. The van der Waals surface area contributed by atoms with Gasteiger partial charge in [-0.1, -0.05) is 11.6 Å². The molecule has 0 bridgehead atoms. The Morgan fingerprint density at radius 2 is 1.90 bits per heavy atom. The zero-order valence-electron chi connectivity index (χ0n) is 10.7. The number of amides is 1.